The van der Waals surface area contributed by atoms with Gasteiger partial charge in [0.25, 0.3) is 0 Å². The van der Waals surface area contributed by atoms with Crippen molar-refractivity contribution in [3.63, 3.8) is 0 Å². The third-order valence-corrected chi connectivity index (χ3v) is 6.92. The smallest absolute Gasteiger partial charge is 0.216 e. The molecule has 1 N–H and O–H groups in total. The second-order valence-corrected chi connectivity index (χ2v) is 8.61. The van der Waals surface area contributed by atoms with Crippen LogP contribution >= 0.6 is 0 Å². The average Bonchev–Trinajstić information content (AvgIpc) is 2.82. The second-order valence-electron chi connectivity index (χ2n) is 8.61. The van der Waals surface area contributed by atoms with Crippen molar-refractivity contribution in [2.24, 2.45) is 17.8 Å². The Morgan fingerprint density at radius 3 is 2.74 bits per heavy atom. The van der Waals surface area contributed by atoms with Gasteiger partial charge in [-0.1, -0.05) is 72.9 Å². The topological polar surface area (TPSA) is 55.2 Å². The molecule has 0 amide bonds. The zero-order chi connectivity index (χ0) is 20.9. The van der Waals surface area contributed by atoms with Gasteiger partial charge in [-0.15, -0.1) is 0 Å². The summed E-state index contributed by atoms with van der Waals surface area (Å²) < 4.78 is 5.52. The van der Waals surface area contributed by atoms with Crippen LogP contribution in [0.5, 0.6) is 5.88 Å². The molecule has 5 unspecified atom stereocenters. The van der Waals surface area contributed by atoms with Gasteiger partial charge in [0.05, 0.1) is 24.8 Å². The molecule has 0 aromatic carbocycles. The minimum atomic E-state index is -0.641. The normalized spacial score (nSPS) is 32.0. The first-order valence-corrected chi connectivity index (χ1v) is 10.9. The number of allylic oxidation sites excluding steroid dienone is 14. The van der Waals surface area contributed by atoms with Gasteiger partial charge in [0.1, 0.15) is 5.82 Å². The highest BCUT2D eigenvalue weighted by molar-refractivity contribution is 5.74. The summed E-state index contributed by atoms with van der Waals surface area (Å²) >= 11 is 0. The standard InChI is InChI=1S/C27H24N2O2/c1-31-24-15-22(28-27(29-24)21-7-2-3-8-23(21)30)19-13-11-18-10-9-16-5-4-6-17-12-14-20(19)26(18)25(16)17/h2-5,7-15,17,20-21,23,26,30H,6H2,1H3. The van der Waals surface area contributed by atoms with Gasteiger partial charge in [-0.25, -0.2) is 4.98 Å². The summed E-state index contributed by atoms with van der Waals surface area (Å²) in [6, 6.07) is 1.91. The van der Waals surface area contributed by atoms with Crippen LogP contribution in [0.4, 0.5) is 0 Å². The van der Waals surface area contributed by atoms with E-state index in [0.717, 1.165) is 12.1 Å². The van der Waals surface area contributed by atoms with E-state index >= 15 is 0 Å². The van der Waals surface area contributed by atoms with E-state index in [1.807, 2.05) is 24.3 Å². The molecule has 1 aromatic heterocycles. The number of aliphatic hydroxyl groups is 1. The summed E-state index contributed by atoms with van der Waals surface area (Å²) in [7, 11) is 1.62. The summed E-state index contributed by atoms with van der Waals surface area (Å²) in [5, 5.41) is 10.5. The third-order valence-electron chi connectivity index (χ3n) is 6.92. The highest BCUT2D eigenvalue weighted by atomic mass is 16.5. The van der Waals surface area contributed by atoms with Crippen molar-refractivity contribution in [1.29, 1.82) is 0 Å². The van der Waals surface area contributed by atoms with Crippen LogP contribution in [0.2, 0.25) is 0 Å². The molecule has 5 aliphatic rings. The molecule has 0 saturated heterocycles. The zero-order valence-corrected chi connectivity index (χ0v) is 17.3. The van der Waals surface area contributed by atoms with Gasteiger partial charge in [-0.3, -0.25) is 0 Å². The summed E-state index contributed by atoms with van der Waals surface area (Å²) in [5.41, 5.74) is 6.30. The fraction of sp³-hybridized carbons (Fsp3) is 0.259. The Bertz CT molecular complexity index is 1190. The second kappa shape index (κ2) is 7.17. The van der Waals surface area contributed by atoms with Gasteiger partial charge in [-0.2, -0.15) is 4.98 Å². The van der Waals surface area contributed by atoms with Gasteiger partial charge in [0, 0.05) is 23.8 Å². The number of hydrogen-bond acceptors (Lipinski definition) is 4. The van der Waals surface area contributed by atoms with Crippen molar-refractivity contribution in [1.82, 2.24) is 9.97 Å². The van der Waals surface area contributed by atoms with Crippen molar-refractivity contribution >= 4 is 5.57 Å². The first-order valence-electron chi connectivity index (χ1n) is 10.9. The fourth-order valence-electron chi connectivity index (χ4n) is 5.43. The monoisotopic (exact) mass is 408 g/mol. The Balaban J connectivity index is 1.46. The van der Waals surface area contributed by atoms with E-state index in [2.05, 4.69) is 53.6 Å². The first kappa shape index (κ1) is 18.5. The van der Waals surface area contributed by atoms with E-state index in [1.54, 1.807) is 13.2 Å². The molecule has 1 aromatic rings. The molecule has 5 atom stereocenters. The highest BCUT2D eigenvalue weighted by Gasteiger charge is 2.40. The maximum absolute atomic E-state index is 10.5. The predicted molar refractivity (Wildman–Crippen MR) is 121 cm³/mol. The quantitative estimate of drug-likeness (QED) is 0.742. The molecular formula is C27H24N2O2. The van der Waals surface area contributed by atoms with Crippen molar-refractivity contribution in [3.05, 3.63) is 107 Å². The Morgan fingerprint density at radius 2 is 1.87 bits per heavy atom. The van der Waals surface area contributed by atoms with Crippen LogP contribution in [0.25, 0.3) is 5.57 Å². The maximum Gasteiger partial charge on any atom is 0.216 e. The Kier molecular flexibility index (Phi) is 4.29. The number of ether oxygens (including phenoxy) is 1. The molecule has 5 aliphatic carbocycles. The van der Waals surface area contributed by atoms with Crippen LogP contribution < -0.4 is 4.74 Å². The van der Waals surface area contributed by atoms with Gasteiger partial charge < -0.3 is 9.84 Å². The molecule has 6 rings (SSSR count). The van der Waals surface area contributed by atoms with Crippen molar-refractivity contribution in [2.75, 3.05) is 7.11 Å². The number of hydrogen-bond donors (Lipinski definition) is 1. The third kappa shape index (κ3) is 2.94. The lowest BCUT2D eigenvalue weighted by molar-refractivity contribution is 0.202. The van der Waals surface area contributed by atoms with Crippen LogP contribution in [0, 0.1) is 17.8 Å². The summed E-state index contributed by atoms with van der Waals surface area (Å²) in [6.07, 6.45) is 26.1. The number of aliphatic hydroxyl groups excluding tert-OH is 1. The van der Waals surface area contributed by atoms with Gasteiger partial charge in [0.15, 0.2) is 0 Å². The van der Waals surface area contributed by atoms with E-state index in [-0.39, 0.29) is 11.8 Å². The Labute approximate surface area is 182 Å². The summed E-state index contributed by atoms with van der Waals surface area (Å²) in [5.74, 6) is 1.89. The highest BCUT2D eigenvalue weighted by Crippen LogP contribution is 2.52. The van der Waals surface area contributed by atoms with Crippen molar-refractivity contribution in [3.8, 4) is 5.88 Å². The van der Waals surface area contributed by atoms with E-state index in [0.29, 0.717) is 23.5 Å². The molecule has 31 heavy (non-hydrogen) atoms. The summed E-state index contributed by atoms with van der Waals surface area (Å²) in [6.45, 7) is 0. The number of nitrogens with zero attached hydrogens (tertiary/aromatic N) is 2. The lowest BCUT2D eigenvalue weighted by Gasteiger charge is -2.42. The van der Waals surface area contributed by atoms with E-state index in [1.165, 1.54) is 22.3 Å². The first-order chi connectivity index (χ1) is 15.2. The molecule has 0 bridgehead atoms. The summed E-state index contributed by atoms with van der Waals surface area (Å²) in [4.78, 5) is 9.48. The molecule has 0 spiro atoms. The maximum atomic E-state index is 10.5. The minimum absolute atomic E-state index is 0.233. The molecule has 4 nitrogen and oxygen atoms in total. The van der Waals surface area contributed by atoms with E-state index < -0.39 is 6.10 Å². The molecule has 4 heteroatoms. The molecule has 0 aliphatic heterocycles. The van der Waals surface area contributed by atoms with Crippen LogP contribution in [-0.2, 0) is 0 Å². The largest absolute Gasteiger partial charge is 0.481 e. The van der Waals surface area contributed by atoms with Gasteiger partial charge >= 0.3 is 0 Å². The number of aromatic nitrogens is 2. The van der Waals surface area contributed by atoms with Crippen LogP contribution in [0.15, 0.2) is 95.7 Å². The van der Waals surface area contributed by atoms with E-state index in [4.69, 9.17) is 9.72 Å². The molecule has 0 radical (unpaired) electrons. The zero-order valence-electron chi connectivity index (χ0n) is 17.3. The number of rotatable bonds is 3. The van der Waals surface area contributed by atoms with Crippen molar-refractivity contribution < 1.29 is 9.84 Å². The lowest BCUT2D eigenvalue weighted by Crippen LogP contribution is -2.31. The molecule has 154 valence electrons. The predicted octanol–water partition coefficient (Wildman–Crippen LogP) is 4.62. The van der Waals surface area contributed by atoms with Crippen LogP contribution in [-0.4, -0.2) is 28.3 Å². The SMILES string of the molecule is COc1cc(C2=CC=C3C=CC4=C5C(C=CC2C35)CC=C4)nc(C2C=CC=CC2O)n1. The van der Waals surface area contributed by atoms with Gasteiger partial charge in [0.2, 0.25) is 5.88 Å². The molecular weight excluding hydrogens is 384 g/mol. The fourth-order valence-corrected chi connectivity index (χ4v) is 5.43. The lowest BCUT2D eigenvalue weighted by atomic mass is 9.62. The Morgan fingerprint density at radius 1 is 0.968 bits per heavy atom. The minimum Gasteiger partial charge on any atom is -0.481 e. The van der Waals surface area contributed by atoms with Crippen LogP contribution in [0.1, 0.15) is 23.9 Å². The molecule has 0 saturated carbocycles. The number of methoxy groups -OCH3 is 1. The van der Waals surface area contributed by atoms with E-state index in [9.17, 15) is 5.11 Å². The Hall–Kier alpha value is -3.24. The average molecular weight is 409 g/mol. The molecule has 1 heterocycles. The van der Waals surface area contributed by atoms with Crippen molar-refractivity contribution in [2.45, 2.75) is 18.4 Å². The van der Waals surface area contributed by atoms with Crippen LogP contribution in [0.3, 0.4) is 0 Å². The van der Waals surface area contributed by atoms with Gasteiger partial charge in [-0.05, 0) is 28.7 Å². The molecule has 0 fully saturated rings.